The molecule has 8 aromatic heterocycles. The Kier molecular flexibility index (Phi) is 40.2. The van der Waals surface area contributed by atoms with Crippen LogP contribution in [0.5, 0.6) is 0 Å². The van der Waals surface area contributed by atoms with Gasteiger partial charge < -0.3 is 0 Å². The molecule has 13 heteroatoms. The summed E-state index contributed by atoms with van der Waals surface area (Å²) < 4.78 is 5.99. The molecule has 0 aromatic carbocycles. The Morgan fingerprint density at radius 3 is 0.960 bits per heavy atom. The van der Waals surface area contributed by atoms with Crippen LogP contribution >= 0.6 is 0 Å². The molecule has 0 bridgehead atoms. The maximum Gasteiger partial charge on any atom is 0.253 e. The minimum atomic E-state index is 0.0358. The second-order valence-corrected chi connectivity index (χ2v) is 31.9. The molecular weight excluding hydrogens is 1220 g/mol. The molecule has 0 atom stereocenters. The van der Waals surface area contributed by atoms with Crippen molar-refractivity contribution in [3.8, 4) is 0 Å². The zero-order valence-corrected chi connectivity index (χ0v) is 69.0. The fourth-order valence-electron chi connectivity index (χ4n) is 11.4. The first kappa shape index (κ1) is 90.0. The van der Waals surface area contributed by atoms with E-state index in [1.165, 1.54) is 67.8 Å². The topological polar surface area (TPSA) is 148 Å². The van der Waals surface area contributed by atoms with Crippen molar-refractivity contribution < 1.29 is 0 Å². The number of hydrogen-bond acceptors (Lipinski definition) is 10. The van der Waals surface area contributed by atoms with Gasteiger partial charge in [0.2, 0.25) is 0 Å². The average Bonchev–Trinajstić information content (AvgIpc) is 1.65. The molecule has 0 aliphatic rings. The van der Waals surface area contributed by atoms with Gasteiger partial charge in [0.15, 0.2) is 0 Å². The highest BCUT2D eigenvalue weighted by Gasteiger charge is 2.24. The molecule has 0 saturated carbocycles. The van der Waals surface area contributed by atoms with Gasteiger partial charge in [-0.25, -0.2) is 4.98 Å². The van der Waals surface area contributed by atoms with Crippen LogP contribution in [0.25, 0.3) is 0 Å². The summed E-state index contributed by atoms with van der Waals surface area (Å²) in [6, 6.07) is 16.9. The zero-order chi connectivity index (χ0) is 75.9. The van der Waals surface area contributed by atoms with Crippen molar-refractivity contribution >= 4 is 0 Å². The normalized spacial score (nSPS) is 11.5. The summed E-state index contributed by atoms with van der Waals surface area (Å²) in [4.78, 5) is 41.5. The van der Waals surface area contributed by atoms with Gasteiger partial charge in [-0.05, 0) is 195 Å². The van der Waals surface area contributed by atoms with Crippen LogP contribution in [0.2, 0.25) is 0 Å². The third-order valence-corrected chi connectivity index (χ3v) is 16.6. The molecule has 0 aliphatic heterocycles. The van der Waals surface area contributed by atoms with Gasteiger partial charge in [0.25, 0.3) is 5.56 Å². The second-order valence-electron chi connectivity index (χ2n) is 31.9. The molecular formula is C86H140N12O. The van der Waals surface area contributed by atoms with E-state index < -0.39 is 0 Å². The molecule has 8 rings (SSSR count). The summed E-state index contributed by atoms with van der Waals surface area (Å²) in [5.74, 6) is 8.33. The standard InChI is InChI=1S/C13H24N2.4C11H17N.C10H16N2O.C10H16N2.C9H16N2/c1-9(2)11-8-14-15(13(5,6)7)12(11)10(3)4;2*1-8(2)10-5-6-12-7-11(10)9(3)4;2*1-8(2)10-6-5-7-12-11(10)9(3)4;1-7(2)10-11-6-5-9(13)12(10)8(3)4;1-7(2)9-10(8(3)4)12-6-5-11-9;1-7(2)9-5-6-10-11(9)8(3)4/h8-10H,1-7H3;4*5-9H,1-4H3;5-8H,1-4H3;5-8H,1-4H3;5-8H,1-4H3. The SMILES string of the molecule is CC(C)c1cccnc1C(C)C.CC(C)c1cccnc1C(C)C.CC(C)c1ccncc1C(C)C.CC(C)c1ccncc1C(C)C.CC(C)c1ccnn1C(C)C.CC(C)c1cnn(C(C)(C)C)c1C(C)C.CC(C)c1nccc(=O)n1C(C)C.CC(C)c1nccnc1C(C)C. The third kappa shape index (κ3) is 30.0. The summed E-state index contributed by atoms with van der Waals surface area (Å²) in [6.07, 6.45) is 20.5. The lowest BCUT2D eigenvalue weighted by atomic mass is 9.93. The van der Waals surface area contributed by atoms with Crippen LogP contribution in [0.15, 0.2) is 121 Å². The van der Waals surface area contributed by atoms with E-state index in [9.17, 15) is 4.79 Å². The van der Waals surface area contributed by atoms with Crippen molar-refractivity contribution in [1.82, 2.24) is 59.0 Å². The number of nitrogens with zero attached hydrogens (tertiary/aromatic N) is 12. The molecule has 0 amide bonds. The summed E-state index contributed by atoms with van der Waals surface area (Å²) >= 11 is 0. The van der Waals surface area contributed by atoms with E-state index in [0.29, 0.717) is 83.0 Å². The predicted molar refractivity (Wildman–Crippen MR) is 425 cm³/mol. The van der Waals surface area contributed by atoms with Gasteiger partial charge in [0.1, 0.15) is 5.82 Å². The largest absolute Gasteiger partial charge is 0.294 e. The predicted octanol–water partition coefficient (Wildman–Crippen LogP) is 24.5. The highest BCUT2D eigenvalue weighted by Crippen LogP contribution is 2.31. The van der Waals surface area contributed by atoms with Crippen molar-refractivity contribution in [1.29, 1.82) is 0 Å². The lowest BCUT2D eigenvalue weighted by Crippen LogP contribution is -2.26. The van der Waals surface area contributed by atoms with E-state index in [1.54, 1.807) is 23.2 Å². The first-order chi connectivity index (χ1) is 46.0. The first-order valence-electron chi connectivity index (χ1n) is 37.3. The van der Waals surface area contributed by atoms with Crippen molar-refractivity contribution in [2.24, 2.45) is 0 Å². The van der Waals surface area contributed by atoms with Crippen molar-refractivity contribution in [3.05, 3.63) is 206 Å². The molecule has 99 heavy (non-hydrogen) atoms. The summed E-state index contributed by atoms with van der Waals surface area (Å²) in [5.41, 5.74) is 17.3. The molecule has 8 heterocycles. The molecule has 550 valence electrons. The monoisotopic (exact) mass is 1360 g/mol. The van der Waals surface area contributed by atoms with Crippen LogP contribution in [-0.2, 0) is 5.54 Å². The molecule has 13 nitrogen and oxygen atoms in total. The number of hydrogen-bond donors (Lipinski definition) is 0. The Bertz CT molecular complexity index is 3060. The Hall–Kier alpha value is -7.02. The van der Waals surface area contributed by atoms with Gasteiger partial charge in [0, 0.05) is 109 Å². The smallest absolute Gasteiger partial charge is 0.253 e. The summed E-state index contributed by atoms with van der Waals surface area (Å²) in [7, 11) is 0. The first-order valence-corrected chi connectivity index (χ1v) is 37.3. The maximum atomic E-state index is 11.5. The highest BCUT2D eigenvalue weighted by molar-refractivity contribution is 5.31. The lowest BCUT2D eigenvalue weighted by Gasteiger charge is -2.25. The van der Waals surface area contributed by atoms with Crippen molar-refractivity contribution in [2.75, 3.05) is 0 Å². The van der Waals surface area contributed by atoms with Gasteiger partial charge >= 0.3 is 0 Å². The van der Waals surface area contributed by atoms with E-state index in [4.69, 9.17) is 0 Å². The third-order valence-electron chi connectivity index (χ3n) is 16.6. The van der Waals surface area contributed by atoms with Gasteiger partial charge in [-0.2, -0.15) is 10.2 Å². The van der Waals surface area contributed by atoms with E-state index in [0.717, 1.165) is 17.2 Å². The van der Waals surface area contributed by atoms with Crippen molar-refractivity contribution in [3.63, 3.8) is 0 Å². The summed E-state index contributed by atoms with van der Waals surface area (Å²) in [6.45, 7) is 76.3. The maximum absolute atomic E-state index is 11.5. The molecule has 0 aliphatic carbocycles. The summed E-state index contributed by atoms with van der Waals surface area (Å²) in [5, 5.41) is 8.80. The Balaban J connectivity index is 0.000000566. The number of rotatable bonds is 16. The Morgan fingerprint density at radius 1 is 0.303 bits per heavy atom. The zero-order valence-electron chi connectivity index (χ0n) is 69.0. The molecule has 0 radical (unpaired) electrons. The van der Waals surface area contributed by atoms with Gasteiger partial charge in [0.05, 0.1) is 23.1 Å². The minimum absolute atomic E-state index is 0.0358. The van der Waals surface area contributed by atoms with Gasteiger partial charge in [-0.1, -0.05) is 206 Å². The van der Waals surface area contributed by atoms with E-state index in [-0.39, 0.29) is 23.1 Å². The van der Waals surface area contributed by atoms with Crippen LogP contribution in [0.1, 0.15) is 416 Å². The Labute approximate surface area is 604 Å². The number of pyridine rings is 4. The van der Waals surface area contributed by atoms with E-state index in [1.807, 2.05) is 89.4 Å². The fraction of sp³-hybridized carbons (Fsp3) is 0.605. The van der Waals surface area contributed by atoms with Crippen LogP contribution in [0.4, 0.5) is 0 Å². The van der Waals surface area contributed by atoms with Gasteiger partial charge in [-0.3, -0.25) is 48.6 Å². The van der Waals surface area contributed by atoms with Crippen LogP contribution < -0.4 is 5.56 Å². The van der Waals surface area contributed by atoms with Gasteiger partial charge in [-0.15, -0.1) is 0 Å². The average molecular weight is 1360 g/mol. The highest BCUT2D eigenvalue weighted by atomic mass is 16.1. The van der Waals surface area contributed by atoms with Crippen LogP contribution in [-0.4, -0.2) is 59.0 Å². The number of aromatic nitrogens is 12. The lowest BCUT2D eigenvalue weighted by molar-refractivity contribution is 0.338. The minimum Gasteiger partial charge on any atom is -0.294 e. The van der Waals surface area contributed by atoms with Crippen LogP contribution in [0, 0.1) is 0 Å². The molecule has 0 N–H and O–H groups in total. The molecule has 0 spiro atoms. The molecule has 0 unspecified atom stereocenters. The molecule has 0 fully saturated rings. The molecule has 0 saturated heterocycles. The fourth-order valence-corrected chi connectivity index (χ4v) is 11.4. The second kappa shape index (κ2) is 44.3. The molecule has 8 aromatic rings. The quantitative estimate of drug-likeness (QED) is 0.0915. The van der Waals surface area contributed by atoms with E-state index >= 15 is 0 Å². The van der Waals surface area contributed by atoms with E-state index in [2.05, 4.69) is 299 Å². The van der Waals surface area contributed by atoms with Crippen LogP contribution in [0.3, 0.4) is 0 Å². The Morgan fingerprint density at radius 2 is 0.687 bits per heavy atom. The van der Waals surface area contributed by atoms with Crippen molar-refractivity contribution in [2.45, 2.75) is 343 Å².